The average molecular weight is 251 g/mol. The fourth-order valence-corrected chi connectivity index (χ4v) is 1.28. The highest BCUT2D eigenvalue weighted by Crippen LogP contribution is 2.25. The summed E-state index contributed by atoms with van der Waals surface area (Å²) in [7, 11) is 2.75. The molecule has 0 radical (unpaired) electrons. The Bertz CT molecular complexity index is 582. The minimum Gasteiger partial charge on any atom is -0.481 e. The van der Waals surface area contributed by atoms with E-state index in [0.29, 0.717) is 5.88 Å². The van der Waals surface area contributed by atoms with Crippen molar-refractivity contribution in [1.82, 2.24) is 19.7 Å². The molecule has 18 heavy (non-hydrogen) atoms. The van der Waals surface area contributed by atoms with E-state index in [-0.39, 0.29) is 17.5 Å². The van der Waals surface area contributed by atoms with Crippen molar-refractivity contribution in [1.29, 1.82) is 0 Å². The smallest absolute Gasteiger partial charge is 0.350 e. The first-order valence-electron chi connectivity index (χ1n) is 4.81. The molecule has 0 bridgehead atoms. The Kier molecular flexibility index (Phi) is 3.04. The molecular formula is C9H9N5O4. The molecule has 0 aliphatic heterocycles. The summed E-state index contributed by atoms with van der Waals surface area (Å²) in [6.45, 7) is 0. The van der Waals surface area contributed by atoms with Gasteiger partial charge in [0.25, 0.3) is 5.95 Å². The van der Waals surface area contributed by atoms with Gasteiger partial charge in [0, 0.05) is 12.3 Å². The molecule has 0 amide bonds. The molecule has 0 aliphatic carbocycles. The zero-order valence-corrected chi connectivity index (χ0v) is 9.60. The molecule has 0 spiro atoms. The van der Waals surface area contributed by atoms with Crippen molar-refractivity contribution in [2.75, 3.05) is 14.2 Å². The minimum absolute atomic E-state index is 0.105. The van der Waals surface area contributed by atoms with E-state index in [1.807, 2.05) is 0 Å². The Morgan fingerprint density at radius 3 is 2.72 bits per heavy atom. The van der Waals surface area contributed by atoms with Crippen molar-refractivity contribution in [3.05, 3.63) is 28.6 Å². The molecule has 0 saturated heterocycles. The van der Waals surface area contributed by atoms with Crippen molar-refractivity contribution >= 4 is 5.69 Å². The van der Waals surface area contributed by atoms with Crippen molar-refractivity contribution in [3.63, 3.8) is 0 Å². The Labute approximate surface area is 101 Å². The number of methoxy groups -OCH3 is 2. The van der Waals surface area contributed by atoms with Crippen LogP contribution in [0.3, 0.4) is 0 Å². The van der Waals surface area contributed by atoms with Crippen LogP contribution in [0.2, 0.25) is 0 Å². The summed E-state index contributed by atoms with van der Waals surface area (Å²) in [5, 5.41) is 14.6. The number of hydrogen-bond donors (Lipinski definition) is 0. The summed E-state index contributed by atoms with van der Waals surface area (Å²) in [6, 6.07) is 1.55. The predicted octanol–water partition coefficient (Wildman–Crippen LogP) is 0.588. The second-order valence-corrected chi connectivity index (χ2v) is 3.12. The Morgan fingerprint density at radius 2 is 2.17 bits per heavy atom. The zero-order valence-electron chi connectivity index (χ0n) is 9.60. The second kappa shape index (κ2) is 4.65. The molecule has 0 unspecified atom stereocenters. The molecule has 0 aromatic carbocycles. The molecule has 0 atom stereocenters. The van der Waals surface area contributed by atoms with Crippen LogP contribution >= 0.6 is 0 Å². The first kappa shape index (κ1) is 11.8. The highest BCUT2D eigenvalue weighted by molar-refractivity contribution is 5.40. The van der Waals surface area contributed by atoms with Crippen LogP contribution in [0, 0.1) is 10.1 Å². The van der Waals surface area contributed by atoms with Gasteiger partial charge in [-0.15, -0.1) is 5.10 Å². The first-order chi connectivity index (χ1) is 8.65. The predicted molar refractivity (Wildman–Crippen MR) is 58.9 cm³/mol. The number of ether oxygens (including phenoxy) is 2. The summed E-state index contributed by atoms with van der Waals surface area (Å²) >= 11 is 0. The largest absolute Gasteiger partial charge is 0.481 e. The lowest BCUT2D eigenvalue weighted by atomic mass is 10.5. The third-order valence-corrected chi connectivity index (χ3v) is 2.08. The Hall–Kier alpha value is -2.71. The molecule has 0 fully saturated rings. The Balaban J connectivity index is 2.47. The van der Waals surface area contributed by atoms with E-state index in [1.165, 1.54) is 26.6 Å². The van der Waals surface area contributed by atoms with E-state index in [2.05, 4.69) is 15.1 Å². The summed E-state index contributed by atoms with van der Waals surface area (Å²) in [6.07, 6.45) is 2.63. The van der Waals surface area contributed by atoms with Crippen LogP contribution in [-0.4, -0.2) is 38.9 Å². The van der Waals surface area contributed by atoms with Gasteiger partial charge < -0.3 is 9.47 Å². The van der Waals surface area contributed by atoms with Gasteiger partial charge >= 0.3 is 11.6 Å². The Morgan fingerprint density at radius 1 is 1.39 bits per heavy atom. The molecule has 94 valence electrons. The number of nitro groups is 1. The van der Waals surface area contributed by atoms with Gasteiger partial charge in [-0.1, -0.05) is 0 Å². The maximum absolute atomic E-state index is 10.8. The SMILES string of the molecule is COc1ccnc(-n2cc([N+](=O)[O-])c(OC)n2)n1. The lowest BCUT2D eigenvalue weighted by Gasteiger charge is -2.00. The van der Waals surface area contributed by atoms with E-state index in [9.17, 15) is 10.1 Å². The first-order valence-corrected chi connectivity index (χ1v) is 4.81. The molecule has 2 heterocycles. The topological polar surface area (TPSA) is 105 Å². The van der Waals surface area contributed by atoms with E-state index < -0.39 is 4.92 Å². The van der Waals surface area contributed by atoms with Gasteiger partial charge in [-0.05, 0) is 0 Å². The zero-order chi connectivity index (χ0) is 13.1. The third kappa shape index (κ3) is 2.05. The molecule has 2 rings (SSSR count). The number of aromatic nitrogens is 4. The van der Waals surface area contributed by atoms with Crippen molar-refractivity contribution in [3.8, 4) is 17.7 Å². The highest BCUT2D eigenvalue weighted by Gasteiger charge is 2.21. The quantitative estimate of drug-likeness (QED) is 0.578. The van der Waals surface area contributed by atoms with Gasteiger partial charge in [-0.2, -0.15) is 9.67 Å². The van der Waals surface area contributed by atoms with Gasteiger partial charge in [0.05, 0.1) is 19.1 Å². The molecular weight excluding hydrogens is 242 g/mol. The minimum atomic E-state index is -0.595. The van der Waals surface area contributed by atoms with Crippen molar-refractivity contribution < 1.29 is 14.4 Å². The molecule has 0 N–H and O–H groups in total. The molecule has 9 nitrogen and oxygen atoms in total. The molecule has 2 aromatic rings. The van der Waals surface area contributed by atoms with E-state index in [1.54, 1.807) is 6.07 Å². The van der Waals surface area contributed by atoms with Gasteiger partial charge in [0.2, 0.25) is 5.88 Å². The summed E-state index contributed by atoms with van der Waals surface area (Å²) in [5.41, 5.74) is -0.260. The molecule has 0 saturated carbocycles. The maximum atomic E-state index is 10.8. The fraction of sp³-hybridized carbons (Fsp3) is 0.222. The van der Waals surface area contributed by atoms with Crippen molar-refractivity contribution in [2.24, 2.45) is 0 Å². The molecule has 9 heteroatoms. The fourth-order valence-electron chi connectivity index (χ4n) is 1.28. The van der Waals surface area contributed by atoms with Crippen LogP contribution in [0.15, 0.2) is 18.5 Å². The highest BCUT2D eigenvalue weighted by atomic mass is 16.6. The van der Waals surface area contributed by atoms with Crippen LogP contribution in [0.25, 0.3) is 5.95 Å². The van der Waals surface area contributed by atoms with Crippen LogP contribution in [0.4, 0.5) is 5.69 Å². The van der Waals surface area contributed by atoms with Gasteiger partial charge in [-0.3, -0.25) is 10.1 Å². The maximum Gasteiger partial charge on any atom is 0.350 e. The van der Waals surface area contributed by atoms with Crippen LogP contribution in [0.5, 0.6) is 11.8 Å². The number of rotatable bonds is 4. The van der Waals surface area contributed by atoms with Crippen LogP contribution in [-0.2, 0) is 0 Å². The summed E-state index contributed by atoms with van der Waals surface area (Å²) in [5.74, 6) is 0.379. The summed E-state index contributed by atoms with van der Waals surface area (Å²) < 4.78 is 10.9. The normalized spacial score (nSPS) is 10.1. The summed E-state index contributed by atoms with van der Waals surface area (Å²) in [4.78, 5) is 18.1. The third-order valence-electron chi connectivity index (χ3n) is 2.08. The van der Waals surface area contributed by atoms with E-state index >= 15 is 0 Å². The lowest BCUT2D eigenvalue weighted by molar-refractivity contribution is -0.385. The average Bonchev–Trinajstić information content (AvgIpc) is 2.83. The van der Waals surface area contributed by atoms with E-state index in [4.69, 9.17) is 9.47 Å². The monoisotopic (exact) mass is 251 g/mol. The molecule has 0 aliphatic rings. The molecule has 2 aromatic heterocycles. The van der Waals surface area contributed by atoms with Gasteiger partial charge in [0.1, 0.15) is 6.20 Å². The number of nitrogens with zero attached hydrogens (tertiary/aromatic N) is 5. The number of hydrogen-bond acceptors (Lipinski definition) is 7. The second-order valence-electron chi connectivity index (χ2n) is 3.12. The van der Waals surface area contributed by atoms with Crippen LogP contribution in [0.1, 0.15) is 0 Å². The van der Waals surface area contributed by atoms with Gasteiger partial charge in [0.15, 0.2) is 0 Å². The standard InChI is InChI=1S/C9H9N5O4/c1-17-7-3-4-10-9(11-7)13-5-6(14(15)16)8(12-13)18-2/h3-5H,1-2H3. The van der Waals surface area contributed by atoms with E-state index in [0.717, 1.165) is 4.68 Å². The van der Waals surface area contributed by atoms with Crippen LogP contribution < -0.4 is 9.47 Å². The lowest BCUT2D eigenvalue weighted by Crippen LogP contribution is -2.02. The van der Waals surface area contributed by atoms with Crippen molar-refractivity contribution in [2.45, 2.75) is 0 Å². The van der Waals surface area contributed by atoms with Gasteiger partial charge in [-0.25, -0.2) is 4.98 Å².